The first-order chi connectivity index (χ1) is 15.3. The van der Waals surface area contributed by atoms with E-state index in [1.165, 1.54) is 0 Å². The largest absolute Gasteiger partial charge is 0.444 e. The molecule has 0 aromatic rings. The molecule has 2 rings (SSSR count). The summed E-state index contributed by atoms with van der Waals surface area (Å²) >= 11 is 0. The third kappa shape index (κ3) is 13.0. The molecule has 11 nitrogen and oxygen atoms in total. The van der Waals surface area contributed by atoms with E-state index in [1.54, 1.807) is 9.80 Å². The van der Waals surface area contributed by atoms with E-state index in [1.807, 2.05) is 48.6 Å². The van der Waals surface area contributed by atoms with E-state index >= 15 is 0 Å². The van der Waals surface area contributed by atoms with E-state index in [0.717, 1.165) is 13.7 Å². The smallest absolute Gasteiger partial charge is 0.410 e. The van der Waals surface area contributed by atoms with E-state index in [2.05, 4.69) is 10.2 Å². The number of ether oxygens (including phenoxy) is 2. The summed E-state index contributed by atoms with van der Waals surface area (Å²) in [5, 5.41) is 28.3. The summed E-state index contributed by atoms with van der Waals surface area (Å²) in [7, 11) is 2.95. The second kappa shape index (κ2) is 14.6. The Bertz CT molecular complexity index is 578. The monoisotopic (exact) mass is 478 g/mol. The van der Waals surface area contributed by atoms with Gasteiger partial charge in [-0.2, -0.15) is 0 Å². The quantitative estimate of drug-likeness (QED) is 0.443. The number of piperazine rings is 2. The lowest BCUT2D eigenvalue weighted by Crippen LogP contribution is -2.55. The third-order valence-electron chi connectivity index (χ3n) is 4.77. The number of nitrogens with one attached hydrogen (secondary N) is 1. The number of amides is 2. The van der Waals surface area contributed by atoms with Gasteiger partial charge in [-0.25, -0.2) is 9.59 Å². The summed E-state index contributed by atoms with van der Waals surface area (Å²) in [4.78, 5) is 28.8. The zero-order valence-electron chi connectivity index (χ0n) is 21.6. The lowest BCUT2D eigenvalue weighted by Gasteiger charge is -2.38. The molecule has 0 saturated carbocycles. The van der Waals surface area contributed by atoms with Crippen molar-refractivity contribution in [1.82, 2.24) is 20.0 Å². The van der Waals surface area contributed by atoms with Crippen LogP contribution in [0.3, 0.4) is 0 Å². The van der Waals surface area contributed by atoms with Gasteiger partial charge in [0.25, 0.3) is 0 Å². The van der Waals surface area contributed by atoms with Gasteiger partial charge in [0.15, 0.2) is 0 Å². The summed E-state index contributed by atoms with van der Waals surface area (Å²) in [5.41, 5.74) is -0.925. The van der Waals surface area contributed by atoms with Gasteiger partial charge in [0, 0.05) is 52.4 Å². The van der Waals surface area contributed by atoms with Crippen LogP contribution in [0.1, 0.15) is 41.5 Å². The highest BCUT2D eigenvalue weighted by molar-refractivity contribution is 5.68. The Morgan fingerprint density at radius 3 is 1.76 bits per heavy atom. The molecular weight excluding hydrogens is 432 g/mol. The fraction of sp³-hybridized carbons (Fsp3) is 0.909. The van der Waals surface area contributed by atoms with Crippen LogP contribution in [0.15, 0.2) is 0 Å². The molecule has 2 atom stereocenters. The first-order valence-electron chi connectivity index (χ1n) is 11.3. The fourth-order valence-electron chi connectivity index (χ4n) is 3.08. The predicted molar refractivity (Wildman–Crippen MR) is 126 cm³/mol. The molecule has 0 bridgehead atoms. The summed E-state index contributed by atoms with van der Waals surface area (Å²) in [6.45, 7) is 15.0. The summed E-state index contributed by atoms with van der Waals surface area (Å²) < 4.78 is 10.5. The minimum atomic E-state index is -0.463. The Balaban J connectivity index is 0.000000578. The van der Waals surface area contributed by atoms with Crippen molar-refractivity contribution in [2.45, 2.75) is 64.8 Å². The number of hydrogen-bond acceptors (Lipinski definition) is 9. The third-order valence-corrected chi connectivity index (χ3v) is 4.77. The van der Waals surface area contributed by atoms with E-state index in [4.69, 9.17) is 19.7 Å². The number of aliphatic hydroxyl groups is 3. The Morgan fingerprint density at radius 2 is 1.33 bits per heavy atom. The maximum Gasteiger partial charge on any atom is 0.410 e. The zero-order valence-corrected chi connectivity index (χ0v) is 21.6. The first-order valence-corrected chi connectivity index (χ1v) is 11.3. The van der Waals surface area contributed by atoms with E-state index in [-0.39, 0.29) is 37.5 Å². The maximum absolute atomic E-state index is 11.8. The van der Waals surface area contributed by atoms with Crippen molar-refractivity contribution < 1.29 is 34.4 Å². The van der Waals surface area contributed by atoms with Gasteiger partial charge in [-0.3, -0.25) is 4.90 Å². The molecule has 0 spiro atoms. The standard InChI is InChI=1S/C11H22N2O3.C10H20N2O3.CH4O/c1-11(2,3)16-10(15)13-6-5-12(4)9(7-13)8-14;1-10(2,3)15-9(14)12-5-4-11-8(6-12)7-13;1-2/h9,14H,5-8H2,1-4H3;8,11,13H,4-7H2,1-3H3;2H,1H3. The molecule has 4 N–H and O–H groups in total. The first kappa shape index (κ1) is 31.3. The number of hydrogen-bond donors (Lipinski definition) is 4. The van der Waals surface area contributed by atoms with Crippen LogP contribution in [0.2, 0.25) is 0 Å². The number of aliphatic hydroxyl groups excluding tert-OH is 3. The van der Waals surface area contributed by atoms with Gasteiger partial charge >= 0.3 is 12.2 Å². The predicted octanol–water partition coefficient (Wildman–Crippen LogP) is 0.326. The highest BCUT2D eigenvalue weighted by Crippen LogP contribution is 2.14. The number of nitrogens with zero attached hydrogens (tertiary/aromatic N) is 3. The van der Waals surface area contributed by atoms with Gasteiger partial charge in [-0.15, -0.1) is 0 Å². The van der Waals surface area contributed by atoms with Crippen molar-refractivity contribution in [2.75, 3.05) is 66.6 Å². The summed E-state index contributed by atoms with van der Waals surface area (Å²) in [5.74, 6) is 0. The Hall–Kier alpha value is -1.66. The van der Waals surface area contributed by atoms with Crippen molar-refractivity contribution in [3.63, 3.8) is 0 Å². The van der Waals surface area contributed by atoms with Crippen molar-refractivity contribution in [2.24, 2.45) is 0 Å². The molecule has 0 aromatic heterocycles. The van der Waals surface area contributed by atoms with Gasteiger partial charge in [0.2, 0.25) is 0 Å². The molecule has 0 aromatic carbocycles. The van der Waals surface area contributed by atoms with Crippen molar-refractivity contribution in [3.05, 3.63) is 0 Å². The molecule has 2 saturated heterocycles. The highest BCUT2D eigenvalue weighted by atomic mass is 16.6. The van der Waals surface area contributed by atoms with Crippen LogP contribution in [0.5, 0.6) is 0 Å². The molecule has 2 fully saturated rings. The average Bonchev–Trinajstić information content (AvgIpc) is 2.73. The number of rotatable bonds is 2. The van der Waals surface area contributed by atoms with Crippen molar-refractivity contribution in [1.29, 1.82) is 0 Å². The van der Waals surface area contributed by atoms with Gasteiger partial charge < -0.3 is 39.9 Å². The van der Waals surface area contributed by atoms with Gasteiger partial charge in [0.1, 0.15) is 11.2 Å². The summed E-state index contributed by atoms with van der Waals surface area (Å²) in [6.07, 6.45) is -0.596. The summed E-state index contributed by atoms with van der Waals surface area (Å²) in [6, 6.07) is -0.0208. The molecule has 0 radical (unpaired) electrons. The van der Waals surface area contributed by atoms with Crippen LogP contribution < -0.4 is 5.32 Å². The van der Waals surface area contributed by atoms with E-state index in [0.29, 0.717) is 32.7 Å². The van der Waals surface area contributed by atoms with Crippen LogP contribution in [0.25, 0.3) is 0 Å². The Kier molecular flexibility index (Phi) is 13.8. The van der Waals surface area contributed by atoms with Crippen LogP contribution >= 0.6 is 0 Å². The maximum atomic E-state index is 11.8. The van der Waals surface area contributed by atoms with E-state index < -0.39 is 11.2 Å². The Morgan fingerprint density at radius 1 is 0.848 bits per heavy atom. The molecule has 2 aliphatic rings. The molecule has 196 valence electrons. The van der Waals surface area contributed by atoms with Crippen molar-refractivity contribution in [3.8, 4) is 0 Å². The fourth-order valence-corrected chi connectivity index (χ4v) is 3.08. The number of likely N-dealkylation sites (N-methyl/N-ethyl adjacent to an activating group) is 1. The zero-order chi connectivity index (χ0) is 25.8. The molecule has 33 heavy (non-hydrogen) atoms. The normalized spacial score (nSPS) is 21.8. The highest BCUT2D eigenvalue weighted by Gasteiger charge is 2.30. The van der Waals surface area contributed by atoms with Crippen LogP contribution in [0, 0.1) is 0 Å². The number of carbonyl (C=O) groups is 2. The van der Waals surface area contributed by atoms with Gasteiger partial charge in [-0.1, -0.05) is 0 Å². The van der Waals surface area contributed by atoms with E-state index in [9.17, 15) is 14.7 Å². The molecule has 2 heterocycles. The molecular formula is C22H46N4O7. The number of carbonyl (C=O) groups excluding carboxylic acids is 2. The lowest BCUT2D eigenvalue weighted by atomic mass is 10.2. The minimum absolute atomic E-state index is 0.0151. The second-order valence-corrected chi connectivity index (χ2v) is 10.0. The molecule has 11 heteroatoms. The van der Waals surface area contributed by atoms with Crippen LogP contribution in [0.4, 0.5) is 9.59 Å². The Labute approximate surface area is 198 Å². The molecule has 2 aliphatic heterocycles. The lowest BCUT2D eigenvalue weighted by molar-refractivity contribution is 0.00101. The van der Waals surface area contributed by atoms with Gasteiger partial charge in [-0.05, 0) is 48.6 Å². The molecule has 2 amide bonds. The minimum Gasteiger partial charge on any atom is -0.444 e. The second-order valence-electron chi connectivity index (χ2n) is 10.0. The molecule has 2 unspecified atom stereocenters. The van der Waals surface area contributed by atoms with Gasteiger partial charge in [0.05, 0.1) is 19.3 Å². The van der Waals surface area contributed by atoms with Crippen LogP contribution in [-0.4, -0.2) is 132 Å². The van der Waals surface area contributed by atoms with Crippen LogP contribution in [-0.2, 0) is 9.47 Å². The van der Waals surface area contributed by atoms with Crippen molar-refractivity contribution >= 4 is 12.2 Å². The topological polar surface area (TPSA) is 135 Å². The SMILES string of the molecule is CC(C)(C)OC(=O)N1CCNC(CO)C1.CN1CCN(C(=O)OC(C)(C)C)CC1CO.CO. The molecule has 0 aliphatic carbocycles. The average molecular weight is 479 g/mol.